The molecule has 142 valence electrons. The Bertz CT molecular complexity index is 819. The Hall–Kier alpha value is -3.22. The van der Waals surface area contributed by atoms with Crippen molar-refractivity contribution in [1.82, 2.24) is 0 Å². The smallest absolute Gasteiger partial charge is 0.344 e. The Morgan fingerprint density at radius 1 is 1.07 bits per heavy atom. The van der Waals surface area contributed by atoms with Gasteiger partial charge in [-0.3, -0.25) is 9.59 Å². The van der Waals surface area contributed by atoms with Gasteiger partial charge in [-0.05, 0) is 43.3 Å². The number of rotatable bonds is 8. The second-order valence-electron chi connectivity index (χ2n) is 5.69. The highest BCUT2D eigenvalue weighted by molar-refractivity contribution is 5.96. The molecule has 0 saturated carbocycles. The third-order valence-electron chi connectivity index (χ3n) is 3.66. The van der Waals surface area contributed by atoms with Crippen molar-refractivity contribution < 1.29 is 28.2 Å². The predicted octanol–water partition coefficient (Wildman–Crippen LogP) is 3.37. The van der Waals surface area contributed by atoms with E-state index in [1.54, 1.807) is 37.3 Å². The number of benzene rings is 2. The third-order valence-corrected chi connectivity index (χ3v) is 3.66. The van der Waals surface area contributed by atoms with Crippen LogP contribution < -0.4 is 10.1 Å². The van der Waals surface area contributed by atoms with Crippen LogP contribution in [0.15, 0.2) is 48.5 Å². The molecule has 1 atom stereocenters. The van der Waals surface area contributed by atoms with E-state index in [4.69, 9.17) is 9.47 Å². The number of hydrogen-bond donors (Lipinski definition) is 1. The molecule has 0 unspecified atom stereocenters. The summed E-state index contributed by atoms with van der Waals surface area (Å²) in [4.78, 5) is 35.3. The lowest BCUT2D eigenvalue weighted by Crippen LogP contribution is -2.31. The van der Waals surface area contributed by atoms with E-state index in [2.05, 4.69) is 5.32 Å². The third kappa shape index (κ3) is 5.91. The Morgan fingerprint density at radius 2 is 1.74 bits per heavy atom. The number of para-hydroxylation sites is 1. The minimum absolute atomic E-state index is 0.00312. The average molecular weight is 373 g/mol. The number of carbonyl (C=O) groups excluding carboxylic acids is 3. The number of anilines is 1. The molecule has 27 heavy (non-hydrogen) atoms. The molecular formula is C20H20FNO5. The van der Waals surface area contributed by atoms with Crippen molar-refractivity contribution in [1.29, 1.82) is 0 Å². The van der Waals surface area contributed by atoms with Crippen molar-refractivity contribution in [2.75, 3.05) is 11.9 Å². The lowest BCUT2D eigenvalue weighted by atomic mass is 10.1. The second-order valence-corrected chi connectivity index (χ2v) is 5.69. The van der Waals surface area contributed by atoms with Gasteiger partial charge in [-0.2, -0.15) is 0 Å². The fourth-order valence-corrected chi connectivity index (χ4v) is 2.17. The Labute approximate surface area is 156 Å². The van der Waals surface area contributed by atoms with Gasteiger partial charge in [0.05, 0.1) is 5.69 Å². The van der Waals surface area contributed by atoms with Crippen LogP contribution in [-0.2, 0) is 14.3 Å². The number of esters is 1. The molecule has 1 N–H and O–H groups in total. The largest absolute Gasteiger partial charge is 0.482 e. The molecule has 0 aliphatic carbocycles. The van der Waals surface area contributed by atoms with Crippen LogP contribution in [0.4, 0.5) is 10.1 Å². The zero-order valence-electron chi connectivity index (χ0n) is 15.0. The van der Waals surface area contributed by atoms with Gasteiger partial charge in [0.15, 0.2) is 18.5 Å². The molecule has 1 amide bonds. The summed E-state index contributed by atoms with van der Waals surface area (Å²) >= 11 is 0. The Balaban J connectivity index is 1.81. The molecule has 0 aliphatic heterocycles. The summed E-state index contributed by atoms with van der Waals surface area (Å²) in [6.45, 7) is 2.74. The molecule has 0 aliphatic rings. The average Bonchev–Trinajstić information content (AvgIpc) is 2.67. The van der Waals surface area contributed by atoms with Crippen LogP contribution in [0.25, 0.3) is 0 Å². The lowest BCUT2D eigenvalue weighted by molar-refractivity contribution is -0.155. The molecule has 0 bridgehead atoms. The lowest BCUT2D eigenvalue weighted by Gasteiger charge is -2.14. The summed E-state index contributed by atoms with van der Waals surface area (Å²) in [7, 11) is 0. The highest BCUT2D eigenvalue weighted by Crippen LogP contribution is 2.15. The first-order chi connectivity index (χ1) is 12.9. The first kappa shape index (κ1) is 20.1. The van der Waals surface area contributed by atoms with Gasteiger partial charge in [-0.1, -0.05) is 19.1 Å². The van der Waals surface area contributed by atoms with Crippen LogP contribution in [0.2, 0.25) is 0 Å². The van der Waals surface area contributed by atoms with Crippen molar-refractivity contribution >= 4 is 23.3 Å². The van der Waals surface area contributed by atoms with E-state index in [9.17, 15) is 18.8 Å². The van der Waals surface area contributed by atoms with Gasteiger partial charge in [0.2, 0.25) is 0 Å². The van der Waals surface area contributed by atoms with Crippen LogP contribution in [0.3, 0.4) is 0 Å². The van der Waals surface area contributed by atoms with Crippen molar-refractivity contribution in [2.24, 2.45) is 0 Å². The predicted molar refractivity (Wildman–Crippen MR) is 97.1 cm³/mol. The number of hydrogen-bond acceptors (Lipinski definition) is 5. The Morgan fingerprint density at radius 3 is 2.37 bits per heavy atom. The van der Waals surface area contributed by atoms with E-state index in [-0.39, 0.29) is 11.5 Å². The summed E-state index contributed by atoms with van der Waals surface area (Å²) in [5.41, 5.74) is 0.564. The molecule has 2 aromatic carbocycles. The molecule has 0 fully saturated rings. The number of carbonyl (C=O) groups is 3. The number of nitrogens with one attached hydrogen (secondary N) is 1. The van der Waals surface area contributed by atoms with E-state index in [0.29, 0.717) is 17.7 Å². The van der Waals surface area contributed by atoms with Crippen molar-refractivity contribution in [3.8, 4) is 5.75 Å². The SMILES string of the molecule is CCC(=O)c1ccc(OCC(=O)O[C@@H](C)C(=O)Nc2ccccc2F)cc1. The minimum atomic E-state index is -1.12. The zero-order valence-corrected chi connectivity index (χ0v) is 15.0. The van der Waals surface area contributed by atoms with Gasteiger partial charge in [-0.25, -0.2) is 9.18 Å². The maximum Gasteiger partial charge on any atom is 0.344 e. The first-order valence-electron chi connectivity index (χ1n) is 8.41. The topological polar surface area (TPSA) is 81.7 Å². The molecule has 0 saturated heterocycles. The summed E-state index contributed by atoms with van der Waals surface area (Å²) in [5, 5.41) is 2.35. The molecule has 7 heteroatoms. The second kappa shape index (κ2) is 9.47. The van der Waals surface area contributed by atoms with E-state index >= 15 is 0 Å². The molecule has 2 aromatic rings. The van der Waals surface area contributed by atoms with E-state index < -0.39 is 30.4 Å². The van der Waals surface area contributed by atoms with Crippen molar-refractivity contribution in [3.63, 3.8) is 0 Å². The molecule has 0 aromatic heterocycles. The van der Waals surface area contributed by atoms with E-state index in [1.165, 1.54) is 25.1 Å². The van der Waals surface area contributed by atoms with Gasteiger partial charge in [0, 0.05) is 12.0 Å². The summed E-state index contributed by atoms with van der Waals surface area (Å²) < 4.78 is 23.8. The molecule has 0 radical (unpaired) electrons. The summed E-state index contributed by atoms with van der Waals surface area (Å²) in [6.07, 6.45) is -0.718. The zero-order chi connectivity index (χ0) is 19.8. The van der Waals surface area contributed by atoms with Gasteiger partial charge in [0.25, 0.3) is 5.91 Å². The van der Waals surface area contributed by atoms with Crippen molar-refractivity contribution in [2.45, 2.75) is 26.4 Å². The molecule has 6 nitrogen and oxygen atoms in total. The monoisotopic (exact) mass is 373 g/mol. The highest BCUT2D eigenvalue weighted by Gasteiger charge is 2.19. The quantitative estimate of drug-likeness (QED) is 0.567. The molecular weight excluding hydrogens is 353 g/mol. The number of ether oxygens (including phenoxy) is 2. The maximum atomic E-state index is 13.5. The number of Topliss-reactive ketones (excluding diaryl/α,β-unsaturated/α-hetero) is 1. The van der Waals surface area contributed by atoms with E-state index in [0.717, 1.165) is 0 Å². The summed E-state index contributed by atoms with van der Waals surface area (Å²) in [5.74, 6) is -1.59. The first-order valence-corrected chi connectivity index (χ1v) is 8.41. The molecule has 2 rings (SSSR count). The highest BCUT2D eigenvalue weighted by atomic mass is 19.1. The van der Waals surface area contributed by atoms with Crippen LogP contribution in [-0.4, -0.2) is 30.4 Å². The fourth-order valence-electron chi connectivity index (χ4n) is 2.17. The van der Waals surface area contributed by atoms with Gasteiger partial charge >= 0.3 is 5.97 Å². The normalized spacial score (nSPS) is 11.4. The summed E-state index contributed by atoms with van der Waals surface area (Å²) in [6, 6.07) is 12.0. The number of halogens is 1. The number of ketones is 1. The fraction of sp³-hybridized carbons (Fsp3) is 0.250. The van der Waals surface area contributed by atoms with Gasteiger partial charge in [0.1, 0.15) is 11.6 Å². The standard InChI is InChI=1S/C20H20FNO5/c1-3-18(23)14-8-10-15(11-9-14)26-12-19(24)27-13(2)20(25)22-17-7-5-4-6-16(17)21/h4-11,13H,3,12H2,1-2H3,(H,22,25)/t13-/m0/s1. The Kier molecular flexibility index (Phi) is 7.05. The van der Waals surface area contributed by atoms with Crippen LogP contribution in [0.1, 0.15) is 30.6 Å². The van der Waals surface area contributed by atoms with Crippen LogP contribution >= 0.6 is 0 Å². The van der Waals surface area contributed by atoms with Crippen molar-refractivity contribution in [3.05, 3.63) is 59.9 Å². The maximum absolute atomic E-state index is 13.5. The molecule has 0 heterocycles. The van der Waals surface area contributed by atoms with Gasteiger partial charge < -0.3 is 14.8 Å². The number of amides is 1. The van der Waals surface area contributed by atoms with Crippen LogP contribution in [0.5, 0.6) is 5.75 Å². The van der Waals surface area contributed by atoms with Gasteiger partial charge in [-0.15, -0.1) is 0 Å². The molecule has 0 spiro atoms. The van der Waals surface area contributed by atoms with E-state index in [1.807, 2.05) is 0 Å². The minimum Gasteiger partial charge on any atom is -0.482 e. The van der Waals surface area contributed by atoms with Crippen LogP contribution in [0, 0.1) is 5.82 Å².